The van der Waals surface area contributed by atoms with Gasteiger partial charge in [0, 0.05) is 38.4 Å². The van der Waals surface area contributed by atoms with Crippen molar-refractivity contribution >= 4 is 5.91 Å². The van der Waals surface area contributed by atoms with Gasteiger partial charge in [-0.1, -0.05) is 47.7 Å². The van der Waals surface area contributed by atoms with Crippen molar-refractivity contribution in [1.29, 1.82) is 0 Å². The molecule has 3 aliphatic heterocycles. The molecule has 8 heteroatoms. The Balaban J connectivity index is 1.11. The van der Waals surface area contributed by atoms with Crippen LogP contribution in [0, 0.1) is 17.7 Å². The van der Waals surface area contributed by atoms with Crippen LogP contribution in [-0.2, 0) is 31.0 Å². The lowest BCUT2D eigenvalue weighted by molar-refractivity contribution is -0.133. The standard InChI is InChI=1S/C27H33FN6O/c1-32(15-21-5-3-2-4-6-21)16-24-17-34(31-30-24)18-25-13-22-11-12-33(25)19-26(22)27(35)29-14-20-7-9-23(28)10-8-20/h2-10,17,22,25-26H,11-16,18-19H2,1H3,(H,29,35)/t22?,25-,26+/m1/s1. The maximum Gasteiger partial charge on any atom is 0.224 e. The number of nitrogens with one attached hydrogen (secondary N) is 1. The Kier molecular flexibility index (Phi) is 7.20. The van der Waals surface area contributed by atoms with E-state index in [0.717, 1.165) is 56.8 Å². The van der Waals surface area contributed by atoms with Gasteiger partial charge in [0.2, 0.25) is 5.91 Å². The lowest BCUT2D eigenvalue weighted by Crippen LogP contribution is -2.58. The zero-order chi connectivity index (χ0) is 24.2. The molecule has 0 radical (unpaired) electrons. The van der Waals surface area contributed by atoms with Crippen LogP contribution in [0.1, 0.15) is 29.7 Å². The van der Waals surface area contributed by atoms with Gasteiger partial charge in [-0.05, 0) is 55.6 Å². The van der Waals surface area contributed by atoms with E-state index in [-0.39, 0.29) is 17.6 Å². The number of carbonyl (C=O) groups is 1. The molecule has 35 heavy (non-hydrogen) atoms. The lowest BCUT2D eigenvalue weighted by atomic mass is 9.75. The quantitative estimate of drug-likeness (QED) is 0.514. The van der Waals surface area contributed by atoms with E-state index >= 15 is 0 Å². The van der Waals surface area contributed by atoms with Crippen molar-refractivity contribution in [1.82, 2.24) is 30.1 Å². The Morgan fingerprint density at radius 2 is 1.91 bits per heavy atom. The summed E-state index contributed by atoms with van der Waals surface area (Å²) in [4.78, 5) is 17.6. The molecule has 1 amide bonds. The summed E-state index contributed by atoms with van der Waals surface area (Å²) in [5, 5.41) is 11.8. The number of benzene rings is 2. The van der Waals surface area contributed by atoms with Crippen LogP contribution in [0.3, 0.4) is 0 Å². The fourth-order valence-electron chi connectivity index (χ4n) is 5.49. The number of aromatic nitrogens is 3. The predicted octanol–water partition coefficient (Wildman–Crippen LogP) is 3.08. The zero-order valence-corrected chi connectivity index (χ0v) is 20.2. The summed E-state index contributed by atoms with van der Waals surface area (Å²) in [5.41, 5.74) is 3.16. The average Bonchev–Trinajstić information content (AvgIpc) is 3.30. The highest BCUT2D eigenvalue weighted by atomic mass is 19.1. The second-order valence-electron chi connectivity index (χ2n) is 9.97. The fourth-order valence-corrected chi connectivity index (χ4v) is 5.49. The van der Waals surface area contributed by atoms with Crippen LogP contribution in [0.4, 0.5) is 4.39 Å². The van der Waals surface area contributed by atoms with Gasteiger partial charge >= 0.3 is 0 Å². The van der Waals surface area contributed by atoms with E-state index < -0.39 is 0 Å². The molecular weight excluding hydrogens is 443 g/mol. The molecule has 6 rings (SSSR count). The van der Waals surface area contributed by atoms with E-state index in [1.807, 2.05) is 10.7 Å². The number of carbonyl (C=O) groups excluding carboxylic acids is 1. The van der Waals surface area contributed by atoms with Crippen LogP contribution in [-0.4, -0.2) is 56.9 Å². The summed E-state index contributed by atoms with van der Waals surface area (Å²) in [5.74, 6) is 0.241. The minimum Gasteiger partial charge on any atom is -0.352 e. The van der Waals surface area contributed by atoms with Crippen LogP contribution in [0.5, 0.6) is 0 Å². The van der Waals surface area contributed by atoms with E-state index in [9.17, 15) is 9.18 Å². The highest BCUT2D eigenvalue weighted by Crippen LogP contribution is 2.37. The summed E-state index contributed by atoms with van der Waals surface area (Å²) >= 11 is 0. The van der Waals surface area contributed by atoms with Gasteiger partial charge in [-0.25, -0.2) is 4.39 Å². The second-order valence-corrected chi connectivity index (χ2v) is 9.97. The average molecular weight is 477 g/mol. The number of hydrogen-bond acceptors (Lipinski definition) is 5. The molecule has 7 nitrogen and oxygen atoms in total. The highest BCUT2D eigenvalue weighted by molar-refractivity contribution is 5.79. The van der Waals surface area contributed by atoms with Crippen LogP contribution in [0.15, 0.2) is 60.8 Å². The molecule has 3 aromatic rings. The van der Waals surface area contributed by atoms with Gasteiger partial charge < -0.3 is 5.32 Å². The Morgan fingerprint density at radius 1 is 1.11 bits per heavy atom. The first-order chi connectivity index (χ1) is 17.0. The Morgan fingerprint density at radius 3 is 2.66 bits per heavy atom. The third kappa shape index (κ3) is 5.94. The van der Waals surface area contributed by atoms with Gasteiger partial charge in [-0.15, -0.1) is 5.10 Å². The van der Waals surface area contributed by atoms with Crippen molar-refractivity contribution < 1.29 is 9.18 Å². The molecule has 3 fully saturated rings. The number of hydrogen-bond donors (Lipinski definition) is 1. The first kappa shape index (κ1) is 23.6. The number of halogens is 1. The van der Waals surface area contributed by atoms with Gasteiger partial charge in [-0.2, -0.15) is 0 Å². The first-order valence-corrected chi connectivity index (χ1v) is 12.4. The zero-order valence-electron chi connectivity index (χ0n) is 20.2. The molecule has 1 aromatic heterocycles. The molecule has 2 unspecified atom stereocenters. The van der Waals surface area contributed by atoms with Gasteiger partial charge in [0.15, 0.2) is 0 Å². The number of rotatable bonds is 9. The maximum atomic E-state index is 13.1. The van der Waals surface area contributed by atoms with E-state index in [1.165, 1.54) is 17.7 Å². The van der Waals surface area contributed by atoms with Crippen molar-refractivity contribution in [3.63, 3.8) is 0 Å². The molecule has 4 heterocycles. The molecule has 3 aliphatic rings. The molecular formula is C27H33FN6O. The van der Waals surface area contributed by atoms with Crippen molar-refractivity contribution in [3.05, 3.63) is 83.4 Å². The molecule has 4 atom stereocenters. The van der Waals surface area contributed by atoms with E-state index in [4.69, 9.17) is 0 Å². The molecule has 2 aromatic carbocycles. The first-order valence-electron chi connectivity index (χ1n) is 12.4. The Bertz CT molecular complexity index is 1120. The van der Waals surface area contributed by atoms with Crippen molar-refractivity contribution in [2.45, 2.75) is 45.1 Å². The number of amides is 1. The van der Waals surface area contributed by atoms with Crippen molar-refractivity contribution in [2.75, 3.05) is 20.1 Å². The van der Waals surface area contributed by atoms with Crippen molar-refractivity contribution in [2.24, 2.45) is 11.8 Å². The van der Waals surface area contributed by atoms with Crippen LogP contribution in [0.25, 0.3) is 0 Å². The summed E-state index contributed by atoms with van der Waals surface area (Å²) < 4.78 is 15.1. The summed E-state index contributed by atoms with van der Waals surface area (Å²) in [6, 6.07) is 17.1. The largest absolute Gasteiger partial charge is 0.352 e. The van der Waals surface area contributed by atoms with E-state index in [1.54, 1.807) is 12.1 Å². The number of piperidine rings is 3. The van der Waals surface area contributed by atoms with Gasteiger partial charge in [0.25, 0.3) is 0 Å². The highest BCUT2D eigenvalue weighted by Gasteiger charge is 2.43. The third-order valence-corrected chi connectivity index (χ3v) is 7.31. The monoisotopic (exact) mass is 476 g/mol. The molecule has 184 valence electrons. The molecule has 0 spiro atoms. The van der Waals surface area contributed by atoms with Crippen molar-refractivity contribution in [3.8, 4) is 0 Å². The van der Waals surface area contributed by atoms with E-state index in [0.29, 0.717) is 18.5 Å². The lowest BCUT2D eigenvalue weighted by Gasteiger charge is -2.49. The van der Waals surface area contributed by atoms with Crippen LogP contribution >= 0.6 is 0 Å². The predicted molar refractivity (Wildman–Crippen MR) is 131 cm³/mol. The fraction of sp³-hybridized carbons (Fsp3) is 0.444. The van der Waals surface area contributed by atoms with Gasteiger partial charge in [0.05, 0.1) is 18.2 Å². The third-order valence-electron chi connectivity index (χ3n) is 7.31. The topological polar surface area (TPSA) is 66.3 Å². The van der Waals surface area contributed by atoms with Crippen LogP contribution < -0.4 is 5.32 Å². The number of nitrogens with zero attached hydrogens (tertiary/aromatic N) is 5. The Hall–Kier alpha value is -3.10. The minimum absolute atomic E-state index is 0.0124. The van der Waals surface area contributed by atoms with Gasteiger partial charge in [-0.3, -0.25) is 19.3 Å². The summed E-state index contributed by atoms with van der Waals surface area (Å²) in [7, 11) is 2.10. The minimum atomic E-state index is -0.262. The molecule has 3 saturated heterocycles. The summed E-state index contributed by atoms with van der Waals surface area (Å²) in [6.07, 6.45) is 4.10. The summed E-state index contributed by atoms with van der Waals surface area (Å²) in [6.45, 7) is 4.67. The Labute approximate surface area is 205 Å². The second kappa shape index (κ2) is 10.7. The normalized spacial score (nSPS) is 23.5. The SMILES string of the molecule is CN(Cc1ccccc1)Cc1cn(C[C@H]2CC3CCN2C[C@@H]3C(=O)NCc2ccc(F)cc2)nn1. The molecule has 1 N–H and O–H groups in total. The molecule has 0 saturated carbocycles. The maximum absolute atomic E-state index is 13.1. The van der Waals surface area contributed by atoms with Crippen LogP contribution in [0.2, 0.25) is 0 Å². The number of fused-ring (bicyclic) bond motifs is 3. The van der Waals surface area contributed by atoms with Gasteiger partial charge in [0.1, 0.15) is 5.82 Å². The van der Waals surface area contributed by atoms with E-state index in [2.05, 4.69) is 62.9 Å². The molecule has 2 bridgehead atoms. The molecule has 0 aliphatic carbocycles. The smallest absolute Gasteiger partial charge is 0.224 e.